The van der Waals surface area contributed by atoms with E-state index in [9.17, 15) is 18.0 Å². The van der Waals surface area contributed by atoms with E-state index in [1.54, 1.807) is 6.07 Å². The summed E-state index contributed by atoms with van der Waals surface area (Å²) in [5.41, 5.74) is 3.71. The van der Waals surface area contributed by atoms with Crippen LogP contribution in [0.15, 0.2) is 77.3 Å². The van der Waals surface area contributed by atoms with Gasteiger partial charge in [0.25, 0.3) is 0 Å². The zero-order valence-corrected chi connectivity index (χ0v) is 27.6. The van der Waals surface area contributed by atoms with Crippen molar-refractivity contribution in [1.82, 2.24) is 14.5 Å². The normalized spacial score (nSPS) is 13.0. The van der Waals surface area contributed by atoms with Crippen molar-refractivity contribution in [2.45, 2.75) is 59.2 Å². The Balaban J connectivity index is 2.13. The summed E-state index contributed by atoms with van der Waals surface area (Å²) in [4.78, 5) is 29.7. The van der Waals surface area contributed by atoms with Crippen molar-refractivity contribution in [3.63, 3.8) is 0 Å². The molecule has 3 rings (SSSR count). The smallest absolute Gasteiger partial charge is 0.304 e. The molecule has 8 nitrogen and oxygen atoms in total. The molecular weight excluding hydrogens is 616 g/mol. The van der Waals surface area contributed by atoms with Crippen LogP contribution in [0.2, 0.25) is 0 Å². The Kier molecular flexibility index (Phi) is 11.7. The third-order valence-corrected chi connectivity index (χ3v) is 9.52. The molecule has 2 atom stereocenters. The van der Waals surface area contributed by atoms with Gasteiger partial charge in [0, 0.05) is 37.6 Å². The summed E-state index contributed by atoms with van der Waals surface area (Å²) in [7, 11) is -1.17. The van der Waals surface area contributed by atoms with Crippen molar-refractivity contribution in [3.05, 3.63) is 99.5 Å². The summed E-state index contributed by atoms with van der Waals surface area (Å²) in [6.07, 6.45) is 1.00. The maximum atomic E-state index is 14.4. The molecule has 0 spiro atoms. The standard InChI is InChI=1S/C32H41BrN4O4S/c1-7-25(4)34-32(39)30(20-26-11-9-8-10-12-26)36(21-27-15-17-28(33)18-16-27)31(38)22-37(42(40,41)35(5)6)29-19-23(2)13-14-24(29)3/h8-19,25,30H,7,20-22H2,1-6H3,(H,34,39)/t25-,30+/m0/s1. The molecule has 0 fully saturated rings. The average molecular weight is 658 g/mol. The number of carbonyl (C=O) groups excluding carboxylic acids is 2. The Morgan fingerprint density at radius 3 is 2.17 bits per heavy atom. The highest BCUT2D eigenvalue weighted by molar-refractivity contribution is 9.10. The molecule has 3 aromatic rings. The lowest BCUT2D eigenvalue weighted by Gasteiger charge is -2.35. The summed E-state index contributed by atoms with van der Waals surface area (Å²) in [5, 5.41) is 3.05. The molecule has 0 aliphatic heterocycles. The van der Waals surface area contributed by atoms with Crippen molar-refractivity contribution in [2.75, 3.05) is 24.9 Å². The molecule has 1 N–H and O–H groups in total. The highest BCUT2D eigenvalue weighted by Gasteiger charge is 2.35. The van der Waals surface area contributed by atoms with Gasteiger partial charge in [-0.1, -0.05) is 77.5 Å². The summed E-state index contributed by atoms with van der Waals surface area (Å²) in [6, 6.07) is 21.6. The zero-order valence-electron chi connectivity index (χ0n) is 25.2. The van der Waals surface area contributed by atoms with Crippen LogP contribution in [0.4, 0.5) is 5.69 Å². The first kappa shape index (κ1) is 33.3. The van der Waals surface area contributed by atoms with Crippen molar-refractivity contribution >= 4 is 43.6 Å². The van der Waals surface area contributed by atoms with Crippen molar-refractivity contribution in [2.24, 2.45) is 0 Å². The second kappa shape index (κ2) is 14.8. The van der Waals surface area contributed by atoms with Crippen LogP contribution in [0, 0.1) is 13.8 Å². The molecule has 3 aromatic carbocycles. The van der Waals surface area contributed by atoms with Gasteiger partial charge in [-0.05, 0) is 67.6 Å². The SMILES string of the molecule is CC[C@H](C)NC(=O)[C@@H](Cc1ccccc1)N(Cc1ccc(Br)cc1)C(=O)CN(c1cc(C)ccc1C)S(=O)(=O)N(C)C. The number of hydrogen-bond acceptors (Lipinski definition) is 4. The lowest BCUT2D eigenvalue weighted by atomic mass is 10.0. The fourth-order valence-electron chi connectivity index (χ4n) is 4.47. The number of amides is 2. The van der Waals surface area contributed by atoms with Crippen molar-refractivity contribution in [1.29, 1.82) is 0 Å². The van der Waals surface area contributed by atoms with E-state index in [0.29, 0.717) is 11.3 Å². The van der Waals surface area contributed by atoms with Gasteiger partial charge in [0.2, 0.25) is 11.8 Å². The number of benzene rings is 3. The molecule has 0 heterocycles. The lowest BCUT2D eigenvalue weighted by molar-refractivity contribution is -0.140. The van der Waals surface area contributed by atoms with E-state index in [1.807, 2.05) is 94.4 Å². The van der Waals surface area contributed by atoms with E-state index < -0.39 is 28.7 Å². The molecule has 226 valence electrons. The summed E-state index contributed by atoms with van der Waals surface area (Å²) >= 11 is 3.46. The Labute approximate surface area is 259 Å². The Bertz CT molecular complexity index is 1460. The number of nitrogens with zero attached hydrogens (tertiary/aromatic N) is 3. The Morgan fingerprint density at radius 1 is 0.929 bits per heavy atom. The molecular formula is C32H41BrN4O4S. The quantitative estimate of drug-likeness (QED) is 0.273. The molecule has 0 unspecified atom stereocenters. The highest BCUT2D eigenvalue weighted by Crippen LogP contribution is 2.26. The number of nitrogens with one attached hydrogen (secondary N) is 1. The van der Waals surface area contributed by atoms with Gasteiger partial charge in [-0.3, -0.25) is 9.59 Å². The van der Waals surface area contributed by atoms with E-state index in [0.717, 1.165) is 36.2 Å². The van der Waals surface area contributed by atoms with Crippen molar-refractivity contribution < 1.29 is 18.0 Å². The molecule has 10 heteroatoms. The van der Waals surface area contributed by atoms with Gasteiger partial charge in [0.05, 0.1) is 5.69 Å². The fourth-order valence-corrected chi connectivity index (χ4v) is 5.85. The van der Waals surface area contributed by atoms with Crippen LogP contribution in [0.25, 0.3) is 0 Å². The topological polar surface area (TPSA) is 90.0 Å². The molecule has 0 saturated heterocycles. The van der Waals surface area contributed by atoms with Gasteiger partial charge in [0.1, 0.15) is 12.6 Å². The number of halogens is 1. The first-order valence-corrected chi connectivity index (χ1v) is 16.2. The summed E-state index contributed by atoms with van der Waals surface area (Å²) in [6.45, 7) is 7.25. The van der Waals surface area contributed by atoms with Gasteiger partial charge in [-0.25, -0.2) is 4.31 Å². The molecule has 0 bridgehead atoms. The summed E-state index contributed by atoms with van der Waals surface area (Å²) < 4.78 is 30.4. The first-order chi connectivity index (χ1) is 19.8. The largest absolute Gasteiger partial charge is 0.352 e. The van der Waals surface area contributed by atoms with Crippen LogP contribution in [-0.2, 0) is 32.8 Å². The van der Waals surface area contributed by atoms with Crippen molar-refractivity contribution in [3.8, 4) is 0 Å². The second-order valence-electron chi connectivity index (χ2n) is 10.8. The van der Waals surface area contributed by atoms with Crippen LogP contribution >= 0.6 is 15.9 Å². The Morgan fingerprint density at radius 2 is 1.57 bits per heavy atom. The van der Waals surface area contributed by atoms with Gasteiger partial charge in [-0.15, -0.1) is 0 Å². The minimum atomic E-state index is -4.05. The van der Waals surface area contributed by atoms with Gasteiger partial charge < -0.3 is 10.2 Å². The van der Waals surface area contributed by atoms with Gasteiger partial charge >= 0.3 is 10.2 Å². The number of rotatable bonds is 13. The number of aryl methyl sites for hydroxylation is 2. The van der Waals surface area contributed by atoms with Crippen LogP contribution in [0.3, 0.4) is 0 Å². The van der Waals surface area contributed by atoms with E-state index in [4.69, 9.17) is 0 Å². The predicted molar refractivity (Wildman–Crippen MR) is 172 cm³/mol. The van der Waals surface area contributed by atoms with E-state index in [-0.39, 0.29) is 24.9 Å². The molecule has 42 heavy (non-hydrogen) atoms. The molecule has 0 radical (unpaired) electrons. The highest BCUT2D eigenvalue weighted by atomic mass is 79.9. The minimum absolute atomic E-state index is 0.0963. The maximum Gasteiger partial charge on any atom is 0.304 e. The van der Waals surface area contributed by atoms with Crippen LogP contribution in [0.1, 0.15) is 42.5 Å². The van der Waals surface area contributed by atoms with Crippen LogP contribution < -0.4 is 9.62 Å². The third kappa shape index (κ3) is 8.65. The molecule has 0 saturated carbocycles. The van der Waals surface area contributed by atoms with E-state index in [2.05, 4.69) is 21.2 Å². The number of hydrogen-bond donors (Lipinski definition) is 1. The first-order valence-electron chi connectivity index (χ1n) is 14.0. The molecule has 0 aliphatic rings. The number of carbonyl (C=O) groups is 2. The van der Waals surface area contributed by atoms with Gasteiger partial charge in [-0.2, -0.15) is 12.7 Å². The lowest BCUT2D eigenvalue weighted by Crippen LogP contribution is -2.55. The van der Waals surface area contributed by atoms with Crippen LogP contribution in [0.5, 0.6) is 0 Å². The second-order valence-corrected chi connectivity index (χ2v) is 13.7. The maximum absolute atomic E-state index is 14.4. The van der Waals surface area contributed by atoms with E-state index >= 15 is 0 Å². The summed E-state index contributed by atoms with van der Waals surface area (Å²) in [5.74, 6) is -0.767. The molecule has 0 aliphatic carbocycles. The fraction of sp³-hybridized carbons (Fsp3) is 0.375. The zero-order chi connectivity index (χ0) is 31.0. The molecule has 2 amide bonds. The Hall–Kier alpha value is -3.21. The minimum Gasteiger partial charge on any atom is -0.352 e. The van der Waals surface area contributed by atoms with E-state index in [1.165, 1.54) is 19.0 Å². The third-order valence-electron chi connectivity index (χ3n) is 7.19. The monoisotopic (exact) mass is 656 g/mol. The number of anilines is 1. The molecule has 0 aromatic heterocycles. The predicted octanol–water partition coefficient (Wildman–Crippen LogP) is 5.23. The van der Waals surface area contributed by atoms with Crippen LogP contribution in [-0.4, -0.2) is 62.2 Å². The van der Waals surface area contributed by atoms with Gasteiger partial charge in [0.15, 0.2) is 0 Å². The average Bonchev–Trinajstić information content (AvgIpc) is 2.96.